The summed E-state index contributed by atoms with van der Waals surface area (Å²) in [5.41, 5.74) is 2.30. The average molecular weight is 383 g/mol. The molecule has 150 valence electrons. The Morgan fingerprint density at radius 1 is 0.885 bits per heavy atom. The van der Waals surface area contributed by atoms with Gasteiger partial charge in [0.25, 0.3) is 8.32 Å². The summed E-state index contributed by atoms with van der Waals surface area (Å²) in [5.74, 6) is 1.52. The van der Waals surface area contributed by atoms with Crippen LogP contribution in [0.2, 0.25) is 16.6 Å². The zero-order valence-electron chi connectivity index (χ0n) is 17.8. The van der Waals surface area contributed by atoms with Crippen molar-refractivity contribution in [2.75, 3.05) is 20.3 Å². The largest absolute Gasteiger partial charge is 0.540 e. The van der Waals surface area contributed by atoms with Crippen molar-refractivity contribution >= 4 is 8.32 Å². The number of hydrogen-bond acceptors (Lipinski definition) is 4. The van der Waals surface area contributed by atoms with Crippen molar-refractivity contribution in [1.29, 1.82) is 0 Å². The Morgan fingerprint density at radius 3 is 1.92 bits per heavy atom. The first kappa shape index (κ1) is 23.0. The van der Waals surface area contributed by atoms with E-state index in [4.69, 9.17) is 13.9 Å². The summed E-state index contributed by atoms with van der Waals surface area (Å²) in [5, 5.41) is 9.94. The number of hydrogen-bond donors (Lipinski definition) is 1. The molecule has 1 unspecified atom stereocenters. The van der Waals surface area contributed by atoms with Crippen LogP contribution in [-0.4, -0.2) is 33.7 Å². The second kappa shape index (κ2) is 10.3. The monoisotopic (exact) mass is 382 g/mol. The predicted octanol–water partition coefficient (Wildman–Crippen LogP) is 5.71. The molecule has 0 aliphatic heterocycles. The summed E-state index contributed by atoms with van der Waals surface area (Å²) in [7, 11) is -0.375. The first-order chi connectivity index (χ1) is 12.2. The minimum atomic E-state index is -2.07. The summed E-state index contributed by atoms with van der Waals surface area (Å²) in [4.78, 5) is 0. The normalized spacial score (nSPS) is 13.5. The SMILES string of the molecule is COCCCOc1cc(C(C)O)ccc1O[Si](C(C)C)(C(C)C)C(C)C. The summed E-state index contributed by atoms with van der Waals surface area (Å²) in [6, 6.07) is 5.80. The van der Waals surface area contributed by atoms with E-state index < -0.39 is 14.4 Å². The summed E-state index contributed by atoms with van der Waals surface area (Å²) in [6.45, 7) is 16.6. The molecule has 26 heavy (non-hydrogen) atoms. The fraction of sp³-hybridized carbons (Fsp3) is 0.714. The average Bonchev–Trinajstić information content (AvgIpc) is 2.56. The molecule has 4 nitrogen and oxygen atoms in total. The third-order valence-electron chi connectivity index (χ3n) is 5.19. The second-order valence-electron chi connectivity index (χ2n) is 8.00. The van der Waals surface area contributed by atoms with E-state index in [-0.39, 0.29) is 0 Å². The van der Waals surface area contributed by atoms with Gasteiger partial charge in [-0.05, 0) is 41.2 Å². The number of aliphatic hydroxyl groups is 1. The van der Waals surface area contributed by atoms with Gasteiger partial charge in [-0.15, -0.1) is 0 Å². The zero-order valence-corrected chi connectivity index (χ0v) is 18.8. The summed E-state index contributed by atoms with van der Waals surface area (Å²) in [6.07, 6.45) is 0.281. The van der Waals surface area contributed by atoms with Crippen molar-refractivity contribution < 1.29 is 19.0 Å². The smallest absolute Gasteiger partial charge is 0.258 e. The highest BCUT2D eigenvalue weighted by Gasteiger charge is 2.47. The molecule has 0 aliphatic rings. The van der Waals surface area contributed by atoms with E-state index >= 15 is 0 Å². The lowest BCUT2D eigenvalue weighted by molar-refractivity contribution is 0.170. The zero-order chi connectivity index (χ0) is 19.9. The maximum absolute atomic E-state index is 9.94. The van der Waals surface area contributed by atoms with Crippen LogP contribution >= 0.6 is 0 Å². The van der Waals surface area contributed by atoms with Crippen molar-refractivity contribution in [3.8, 4) is 11.5 Å². The van der Waals surface area contributed by atoms with Crippen molar-refractivity contribution in [3.05, 3.63) is 23.8 Å². The topological polar surface area (TPSA) is 47.9 Å². The van der Waals surface area contributed by atoms with Crippen LogP contribution in [0.1, 0.15) is 66.6 Å². The maximum atomic E-state index is 9.94. The van der Waals surface area contributed by atoms with Crippen LogP contribution in [0.25, 0.3) is 0 Å². The van der Waals surface area contributed by atoms with Gasteiger partial charge in [0.05, 0.1) is 12.7 Å². The second-order valence-corrected chi connectivity index (χ2v) is 13.4. The maximum Gasteiger partial charge on any atom is 0.258 e. The molecule has 0 radical (unpaired) electrons. The molecule has 0 aromatic heterocycles. The number of aliphatic hydroxyl groups excluding tert-OH is 1. The highest BCUT2D eigenvalue weighted by atomic mass is 28.4. The van der Waals surface area contributed by atoms with Crippen molar-refractivity contribution in [2.24, 2.45) is 0 Å². The number of ether oxygens (including phenoxy) is 2. The van der Waals surface area contributed by atoms with Gasteiger partial charge in [0, 0.05) is 20.1 Å². The molecule has 1 rings (SSSR count). The van der Waals surface area contributed by atoms with E-state index in [1.807, 2.05) is 18.2 Å². The quantitative estimate of drug-likeness (QED) is 0.393. The fourth-order valence-electron chi connectivity index (χ4n) is 3.91. The molecule has 0 aliphatic carbocycles. The van der Waals surface area contributed by atoms with Gasteiger partial charge in [-0.2, -0.15) is 0 Å². The Hall–Kier alpha value is -1.04. The molecule has 1 atom stereocenters. The lowest BCUT2D eigenvalue weighted by Crippen LogP contribution is -2.50. The van der Waals surface area contributed by atoms with Crippen molar-refractivity contribution in [1.82, 2.24) is 0 Å². The van der Waals surface area contributed by atoms with Gasteiger partial charge < -0.3 is 19.0 Å². The Balaban J connectivity index is 3.22. The van der Waals surface area contributed by atoms with Crippen LogP contribution in [0, 0.1) is 0 Å². The molecule has 0 fully saturated rings. The third kappa shape index (κ3) is 5.48. The molecule has 1 aromatic rings. The van der Waals surface area contributed by atoms with Crippen molar-refractivity contribution in [3.63, 3.8) is 0 Å². The van der Waals surface area contributed by atoms with E-state index in [1.54, 1.807) is 14.0 Å². The minimum absolute atomic E-state index is 0.486. The van der Waals surface area contributed by atoms with Gasteiger partial charge >= 0.3 is 0 Å². The van der Waals surface area contributed by atoms with E-state index in [0.717, 1.165) is 23.5 Å². The van der Waals surface area contributed by atoms with E-state index in [0.29, 0.717) is 29.8 Å². The highest BCUT2D eigenvalue weighted by Crippen LogP contribution is 2.45. The van der Waals surface area contributed by atoms with E-state index in [9.17, 15) is 5.11 Å². The summed E-state index contributed by atoms with van der Waals surface area (Å²) >= 11 is 0. The molecule has 0 spiro atoms. The lowest BCUT2D eigenvalue weighted by Gasteiger charge is -2.42. The fourth-order valence-corrected chi connectivity index (χ4v) is 9.17. The highest BCUT2D eigenvalue weighted by molar-refractivity contribution is 6.78. The van der Waals surface area contributed by atoms with Crippen LogP contribution in [0.15, 0.2) is 18.2 Å². The Bertz CT molecular complexity index is 519. The van der Waals surface area contributed by atoms with Crippen LogP contribution in [0.3, 0.4) is 0 Å². The molecule has 1 N–H and O–H groups in total. The van der Waals surface area contributed by atoms with Crippen LogP contribution in [-0.2, 0) is 4.74 Å². The molecule has 0 saturated carbocycles. The number of benzene rings is 1. The molecule has 5 heteroatoms. The van der Waals surface area contributed by atoms with E-state index in [2.05, 4.69) is 41.5 Å². The van der Waals surface area contributed by atoms with Gasteiger partial charge in [-0.1, -0.05) is 47.6 Å². The number of rotatable bonds is 11. The third-order valence-corrected chi connectivity index (χ3v) is 11.2. The lowest BCUT2D eigenvalue weighted by atomic mass is 10.1. The van der Waals surface area contributed by atoms with Gasteiger partial charge in [0.2, 0.25) is 0 Å². The van der Waals surface area contributed by atoms with Crippen LogP contribution in [0.5, 0.6) is 11.5 Å². The molecular weight excluding hydrogens is 344 g/mol. The summed E-state index contributed by atoms with van der Waals surface area (Å²) < 4.78 is 17.9. The first-order valence-electron chi connectivity index (χ1n) is 9.79. The molecule has 0 bridgehead atoms. The molecule has 0 heterocycles. The predicted molar refractivity (Wildman–Crippen MR) is 111 cm³/mol. The van der Waals surface area contributed by atoms with Gasteiger partial charge in [0.15, 0.2) is 5.75 Å². The Labute approximate surface area is 161 Å². The van der Waals surface area contributed by atoms with Crippen LogP contribution in [0.4, 0.5) is 0 Å². The minimum Gasteiger partial charge on any atom is -0.540 e. The molecule has 1 aromatic carbocycles. The Morgan fingerprint density at radius 2 is 1.46 bits per heavy atom. The standard InChI is InChI=1S/C21H38O4Si/c1-15(2)26(16(3)4,17(5)6)25-20-11-10-19(18(7)22)14-21(20)24-13-9-12-23-8/h10-11,14-18,22H,9,12-13H2,1-8H3. The van der Waals surface area contributed by atoms with Gasteiger partial charge in [-0.25, -0.2) is 0 Å². The number of methoxy groups -OCH3 is 1. The van der Waals surface area contributed by atoms with Crippen molar-refractivity contribution in [2.45, 2.75) is 77.6 Å². The Kier molecular flexibility index (Phi) is 9.14. The molecular formula is C21H38O4Si. The van der Waals surface area contributed by atoms with Gasteiger partial charge in [0.1, 0.15) is 5.75 Å². The molecule has 0 saturated heterocycles. The molecule has 0 amide bonds. The van der Waals surface area contributed by atoms with E-state index in [1.165, 1.54) is 0 Å². The van der Waals surface area contributed by atoms with Crippen LogP contribution < -0.4 is 9.16 Å². The van der Waals surface area contributed by atoms with Gasteiger partial charge in [-0.3, -0.25) is 0 Å². The first-order valence-corrected chi connectivity index (χ1v) is 11.9.